The lowest BCUT2D eigenvalue weighted by atomic mass is 10.2. The largest absolute Gasteiger partial charge is 0.486 e. The van der Waals surface area contributed by atoms with Crippen LogP contribution < -0.4 is 20.1 Å². The zero-order chi connectivity index (χ0) is 19.9. The minimum absolute atomic E-state index is 0.00208. The van der Waals surface area contributed by atoms with Crippen molar-refractivity contribution in [2.75, 3.05) is 57.8 Å². The molecular weight excluding hydrogens is 360 g/mol. The maximum atomic E-state index is 12.6. The summed E-state index contributed by atoms with van der Waals surface area (Å²) >= 11 is 0. The number of piperazine rings is 1. The topological polar surface area (TPSA) is 83.1 Å². The van der Waals surface area contributed by atoms with Crippen molar-refractivity contribution in [3.8, 4) is 11.5 Å². The minimum Gasteiger partial charge on any atom is -0.486 e. The monoisotopic (exact) mass is 388 g/mol. The predicted molar refractivity (Wildman–Crippen MR) is 107 cm³/mol. The molecule has 8 nitrogen and oxygen atoms in total. The predicted octanol–water partition coefficient (Wildman–Crippen LogP) is 0.705. The van der Waals surface area contributed by atoms with Crippen molar-refractivity contribution >= 4 is 17.5 Å². The first kappa shape index (κ1) is 20.2. The number of carbonyl (C=O) groups is 2. The molecule has 2 aliphatic rings. The summed E-state index contributed by atoms with van der Waals surface area (Å²) in [7, 11) is 0. The summed E-state index contributed by atoms with van der Waals surface area (Å²) < 4.78 is 11.1. The molecule has 2 aliphatic heterocycles. The van der Waals surface area contributed by atoms with E-state index in [1.54, 1.807) is 12.1 Å². The van der Waals surface area contributed by atoms with Crippen molar-refractivity contribution < 1.29 is 19.1 Å². The molecule has 0 radical (unpaired) electrons. The molecule has 1 saturated heterocycles. The highest BCUT2D eigenvalue weighted by Gasteiger charge is 2.26. The molecule has 1 aromatic carbocycles. The van der Waals surface area contributed by atoms with Gasteiger partial charge in [-0.15, -0.1) is 6.58 Å². The molecule has 2 N–H and O–H groups in total. The van der Waals surface area contributed by atoms with E-state index in [9.17, 15) is 9.59 Å². The van der Waals surface area contributed by atoms with Crippen molar-refractivity contribution in [2.45, 2.75) is 13.0 Å². The van der Waals surface area contributed by atoms with Crippen LogP contribution in [-0.4, -0.2) is 80.1 Å². The fourth-order valence-electron chi connectivity index (χ4n) is 3.29. The molecule has 3 rings (SSSR count). The van der Waals surface area contributed by atoms with Gasteiger partial charge in [-0.05, 0) is 19.1 Å². The Morgan fingerprint density at radius 3 is 2.61 bits per heavy atom. The van der Waals surface area contributed by atoms with Crippen LogP contribution in [-0.2, 0) is 9.59 Å². The van der Waals surface area contributed by atoms with Crippen molar-refractivity contribution in [1.82, 2.24) is 15.1 Å². The number of ether oxygens (including phenoxy) is 2. The van der Waals surface area contributed by atoms with E-state index in [1.165, 1.54) is 0 Å². The number of hydrogen-bond donors (Lipinski definition) is 2. The number of anilines is 1. The van der Waals surface area contributed by atoms with Gasteiger partial charge in [0.2, 0.25) is 11.8 Å². The first-order valence-corrected chi connectivity index (χ1v) is 9.61. The smallest absolute Gasteiger partial charge is 0.241 e. The molecule has 1 aromatic rings. The Balaban J connectivity index is 1.47. The van der Waals surface area contributed by atoms with Gasteiger partial charge >= 0.3 is 0 Å². The average Bonchev–Trinajstić information content (AvgIpc) is 2.72. The summed E-state index contributed by atoms with van der Waals surface area (Å²) in [6, 6.07) is 5.16. The molecule has 152 valence electrons. The Morgan fingerprint density at radius 2 is 1.89 bits per heavy atom. The Kier molecular flexibility index (Phi) is 6.89. The maximum Gasteiger partial charge on any atom is 0.241 e. The van der Waals surface area contributed by atoms with Gasteiger partial charge in [-0.2, -0.15) is 0 Å². The highest BCUT2D eigenvalue weighted by atomic mass is 16.6. The first-order chi connectivity index (χ1) is 13.6. The van der Waals surface area contributed by atoms with Gasteiger partial charge in [-0.1, -0.05) is 6.08 Å². The fourth-order valence-corrected chi connectivity index (χ4v) is 3.29. The fraction of sp³-hybridized carbons (Fsp3) is 0.500. The van der Waals surface area contributed by atoms with Crippen molar-refractivity contribution in [3.05, 3.63) is 30.9 Å². The van der Waals surface area contributed by atoms with Crippen LogP contribution in [0.25, 0.3) is 0 Å². The lowest BCUT2D eigenvalue weighted by Gasteiger charge is -2.37. The molecule has 2 heterocycles. The van der Waals surface area contributed by atoms with Crippen LogP contribution in [0.5, 0.6) is 11.5 Å². The summed E-state index contributed by atoms with van der Waals surface area (Å²) in [5.74, 6) is 1.29. The maximum absolute atomic E-state index is 12.6. The zero-order valence-electron chi connectivity index (χ0n) is 16.3. The number of amides is 2. The molecule has 0 spiro atoms. The Labute approximate surface area is 165 Å². The molecule has 2 amide bonds. The molecule has 1 atom stereocenters. The van der Waals surface area contributed by atoms with E-state index in [1.807, 2.05) is 19.1 Å². The third-order valence-corrected chi connectivity index (χ3v) is 4.95. The van der Waals surface area contributed by atoms with E-state index < -0.39 is 0 Å². The standard InChI is InChI=1S/C20H28N4O4/c1-3-6-21-19(25)14-23-7-9-24(10-8-23)15(2)20(26)22-16-4-5-17-18(13-16)28-12-11-27-17/h3-5,13,15H,1,6-12,14H2,2H3,(H,21,25)(H,22,26). The molecular formula is C20H28N4O4. The third kappa shape index (κ3) is 5.24. The van der Waals surface area contributed by atoms with E-state index in [2.05, 4.69) is 27.0 Å². The number of benzene rings is 1. The normalized spacial score (nSPS) is 18.2. The van der Waals surface area contributed by atoms with Crippen molar-refractivity contribution in [2.24, 2.45) is 0 Å². The molecule has 0 aromatic heterocycles. The Morgan fingerprint density at radius 1 is 1.18 bits per heavy atom. The van der Waals surface area contributed by atoms with E-state index in [-0.39, 0.29) is 17.9 Å². The molecule has 8 heteroatoms. The average molecular weight is 388 g/mol. The van der Waals surface area contributed by atoms with Crippen LogP contribution in [0.1, 0.15) is 6.92 Å². The molecule has 28 heavy (non-hydrogen) atoms. The first-order valence-electron chi connectivity index (χ1n) is 9.61. The van der Waals surface area contributed by atoms with Gasteiger partial charge < -0.3 is 20.1 Å². The van der Waals surface area contributed by atoms with Crippen LogP contribution in [0.15, 0.2) is 30.9 Å². The van der Waals surface area contributed by atoms with Gasteiger partial charge in [0.15, 0.2) is 11.5 Å². The van der Waals surface area contributed by atoms with E-state index >= 15 is 0 Å². The van der Waals surface area contributed by atoms with Crippen LogP contribution in [0.2, 0.25) is 0 Å². The number of fused-ring (bicyclic) bond motifs is 1. The molecule has 1 unspecified atom stereocenters. The van der Waals surface area contributed by atoms with Crippen molar-refractivity contribution in [1.29, 1.82) is 0 Å². The second-order valence-electron chi connectivity index (χ2n) is 6.93. The molecule has 1 fully saturated rings. The van der Waals surface area contributed by atoms with E-state index in [0.29, 0.717) is 43.5 Å². The van der Waals surface area contributed by atoms with Gasteiger partial charge in [0.05, 0.1) is 12.6 Å². The number of hydrogen-bond acceptors (Lipinski definition) is 6. The number of nitrogens with zero attached hydrogens (tertiary/aromatic N) is 2. The van der Waals surface area contributed by atoms with E-state index in [4.69, 9.17) is 9.47 Å². The Bertz CT molecular complexity index is 716. The zero-order valence-corrected chi connectivity index (χ0v) is 16.3. The van der Waals surface area contributed by atoms with Crippen LogP contribution in [0, 0.1) is 0 Å². The quantitative estimate of drug-likeness (QED) is 0.670. The third-order valence-electron chi connectivity index (χ3n) is 4.95. The van der Waals surface area contributed by atoms with Crippen LogP contribution in [0.4, 0.5) is 5.69 Å². The summed E-state index contributed by atoms with van der Waals surface area (Å²) in [4.78, 5) is 28.7. The number of nitrogens with one attached hydrogen (secondary N) is 2. The summed E-state index contributed by atoms with van der Waals surface area (Å²) in [6.07, 6.45) is 1.66. The van der Waals surface area contributed by atoms with Gasteiger partial charge in [0.1, 0.15) is 13.2 Å². The van der Waals surface area contributed by atoms with Gasteiger partial charge in [0.25, 0.3) is 0 Å². The number of carbonyl (C=O) groups excluding carboxylic acids is 2. The SMILES string of the molecule is C=CCNC(=O)CN1CCN(C(C)C(=O)Nc2ccc3c(c2)OCCO3)CC1. The minimum atomic E-state index is -0.259. The molecule has 0 aliphatic carbocycles. The molecule has 0 saturated carbocycles. The second kappa shape index (κ2) is 9.57. The van der Waals surface area contributed by atoms with E-state index in [0.717, 1.165) is 26.2 Å². The van der Waals surface area contributed by atoms with Gasteiger partial charge in [-0.25, -0.2) is 0 Å². The van der Waals surface area contributed by atoms with Crippen LogP contribution >= 0.6 is 0 Å². The summed E-state index contributed by atoms with van der Waals surface area (Å²) in [6.45, 7) is 10.4. The second-order valence-corrected chi connectivity index (χ2v) is 6.93. The van der Waals surface area contributed by atoms with Crippen LogP contribution in [0.3, 0.4) is 0 Å². The molecule has 0 bridgehead atoms. The lowest BCUT2D eigenvalue weighted by Crippen LogP contribution is -2.54. The van der Waals surface area contributed by atoms with Gasteiger partial charge in [0, 0.05) is 44.5 Å². The summed E-state index contributed by atoms with van der Waals surface area (Å²) in [5.41, 5.74) is 0.693. The van der Waals surface area contributed by atoms with Crippen molar-refractivity contribution in [3.63, 3.8) is 0 Å². The Hall–Kier alpha value is -2.58. The number of rotatable bonds is 7. The van der Waals surface area contributed by atoms with Gasteiger partial charge in [-0.3, -0.25) is 19.4 Å². The lowest BCUT2D eigenvalue weighted by molar-refractivity contribution is -0.124. The highest BCUT2D eigenvalue weighted by molar-refractivity contribution is 5.94. The highest BCUT2D eigenvalue weighted by Crippen LogP contribution is 2.32. The summed E-state index contributed by atoms with van der Waals surface area (Å²) in [5, 5.41) is 5.74.